The molecule has 4 aromatic heterocycles. The van der Waals surface area contributed by atoms with E-state index in [2.05, 4.69) is 108 Å². The van der Waals surface area contributed by atoms with Crippen LogP contribution in [0.1, 0.15) is 39.0 Å². The number of pyridine rings is 2. The molecule has 0 N–H and O–H groups in total. The average Bonchev–Trinajstić information content (AvgIpc) is 3.61. The summed E-state index contributed by atoms with van der Waals surface area (Å²) in [5.41, 5.74) is 6.56. The second kappa shape index (κ2) is 9.27. The van der Waals surface area contributed by atoms with Crippen LogP contribution in [-0.2, 0) is 31.9 Å². The third-order valence-electron chi connectivity index (χ3n) is 9.99. The average molecular weight is 752 g/mol. The van der Waals surface area contributed by atoms with E-state index in [0.29, 0.717) is 11.5 Å². The molecule has 216 valence electrons. The van der Waals surface area contributed by atoms with Crippen molar-refractivity contribution in [1.82, 2.24) is 18.9 Å². The van der Waals surface area contributed by atoms with Gasteiger partial charge in [0.05, 0.1) is 5.65 Å². The van der Waals surface area contributed by atoms with Gasteiger partial charge in [0.1, 0.15) is 5.82 Å². The molecule has 1 aliphatic rings. The van der Waals surface area contributed by atoms with E-state index in [4.69, 9.17) is 9.72 Å². The number of benzene rings is 4. The van der Waals surface area contributed by atoms with Crippen molar-refractivity contribution < 1.29 is 25.8 Å². The van der Waals surface area contributed by atoms with E-state index in [0.717, 1.165) is 44.0 Å². The molecule has 0 unspecified atom stereocenters. The Labute approximate surface area is 269 Å². The Hall–Kier alpha value is -4.47. The molecular weight excluding hydrogens is 724 g/mol. The van der Waals surface area contributed by atoms with Crippen LogP contribution in [0.2, 0.25) is 0 Å². The zero-order chi connectivity index (χ0) is 29.1. The number of nitrogens with zero attached hydrogens (tertiary/aromatic N) is 4. The van der Waals surface area contributed by atoms with Crippen molar-refractivity contribution in [3.63, 3.8) is 0 Å². The molecular formula is C38H28N4OPt. The Morgan fingerprint density at radius 3 is 2.25 bits per heavy atom. The smallest absolute Gasteiger partial charge is 0.503 e. The Morgan fingerprint density at radius 2 is 1.43 bits per heavy atom. The number of rotatable bonds is 3. The minimum absolute atomic E-state index is 0. The maximum atomic E-state index is 6.48. The molecule has 4 aromatic carbocycles. The summed E-state index contributed by atoms with van der Waals surface area (Å²) in [6.45, 7) is 9.33. The Bertz CT molecular complexity index is 2440. The number of aromatic nitrogens is 4. The Kier molecular flexibility index (Phi) is 5.71. The van der Waals surface area contributed by atoms with Gasteiger partial charge in [0.25, 0.3) is 0 Å². The minimum Gasteiger partial charge on any atom is -0.503 e. The van der Waals surface area contributed by atoms with E-state index in [9.17, 15) is 0 Å². The molecule has 0 aliphatic carbocycles. The molecule has 0 saturated carbocycles. The van der Waals surface area contributed by atoms with Crippen molar-refractivity contribution in [2.75, 3.05) is 0 Å². The largest absolute Gasteiger partial charge is 2.00 e. The first-order valence-corrected chi connectivity index (χ1v) is 14.7. The minimum atomic E-state index is -0.105. The van der Waals surface area contributed by atoms with E-state index in [-0.39, 0.29) is 31.9 Å². The van der Waals surface area contributed by atoms with Crippen LogP contribution in [-0.4, -0.2) is 18.9 Å². The summed E-state index contributed by atoms with van der Waals surface area (Å²) < 4.78 is 11.0. The normalized spacial score (nSPS) is 15.0. The van der Waals surface area contributed by atoms with Gasteiger partial charge < -0.3 is 13.7 Å². The van der Waals surface area contributed by atoms with Gasteiger partial charge in [-0.1, -0.05) is 92.5 Å². The van der Waals surface area contributed by atoms with Gasteiger partial charge in [-0.05, 0) is 34.5 Å². The van der Waals surface area contributed by atoms with Crippen molar-refractivity contribution in [2.45, 2.75) is 38.5 Å². The van der Waals surface area contributed by atoms with Crippen molar-refractivity contribution in [2.24, 2.45) is 0 Å². The van der Waals surface area contributed by atoms with E-state index in [1.54, 1.807) is 0 Å². The number of para-hydroxylation sites is 2. The second-order valence-electron chi connectivity index (χ2n) is 12.6. The van der Waals surface area contributed by atoms with E-state index < -0.39 is 0 Å². The summed E-state index contributed by atoms with van der Waals surface area (Å²) in [5.74, 6) is 2.09. The summed E-state index contributed by atoms with van der Waals surface area (Å²) in [6, 6.07) is 36.4. The predicted octanol–water partition coefficient (Wildman–Crippen LogP) is 9.09. The fourth-order valence-electron chi connectivity index (χ4n) is 7.07. The molecule has 0 radical (unpaired) electrons. The van der Waals surface area contributed by atoms with Gasteiger partial charge in [-0.2, -0.15) is 6.07 Å². The van der Waals surface area contributed by atoms with Crippen LogP contribution in [0.15, 0.2) is 97.3 Å². The topological polar surface area (TPSA) is 44.3 Å². The zero-order valence-corrected chi connectivity index (χ0v) is 27.0. The van der Waals surface area contributed by atoms with Gasteiger partial charge in [-0.15, -0.1) is 29.7 Å². The van der Waals surface area contributed by atoms with Crippen LogP contribution in [0.4, 0.5) is 0 Å². The van der Waals surface area contributed by atoms with Crippen LogP contribution in [0.5, 0.6) is 11.5 Å². The Balaban J connectivity index is 0.00000289. The van der Waals surface area contributed by atoms with Gasteiger partial charge in [0.15, 0.2) is 0 Å². The molecule has 44 heavy (non-hydrogen) atoms. The van der Waals surface area contributed by atoms with Gasteiger partial charge in [0.2, 0.25) is 0 Å². The van der Waals surface area contributed by atoms with Crippen LogP contribution in [0.3, 0.4) is 0 Å². The van der Waals surface area contributed by atoms with Crippen molar-refractivity contribution in [3.8, 4) is 17.3 Å². The quantitative estimate of drug-likeness (QED) is 0.134. The van der Waals surface area contributed by atoms with E-state index in [1.807, 2.05) is 42.7 Å². The third kappa shape index (κ3) is 3.45. The zero-order valence-electron chi connectivity index (χ0n) is 24.8. The van der Waals surface area contributed by atoms with E-state index >= 15 is 0 Å². The van der Waals surface area contributed by atoms with Crippen molar-refractivity contribution in [1.29, 1.82) is 0 Å². The summed E-state index contributed by atoms with van der Waals surface area (Å²) in [6.07, 6.45) is 3.86. The van der Waals surface area contributed by atoms with Crippen LogP contribution >= 0.6 is 0 Å². The van der Waals surface area contributed by atoms with Gasteiger partial charge in [-0.25, -0.2) is 4.98 Å². The van der Waals surface area contributed by atoms with Crippen LogP contribution in [0, 0.1) is 12.1 Å². The standard InChI is InChI=1S/C38H28N4O.Pt/c1-37(2)30-12-9-11-28-25-17-15-23(20-29(25)36-40-22-33(38(37,3)4)42(36)35(28)30)43-24-16-18-27-26-10-5-6-13-31(26)41(32(27)21-24)34-14-7-8-19-39-34;/h5-19,22H,1-4H3;/q-2;+2. The third-order valence-corrected chi connectivity index (χ3v) is 9.99. The van der Waals surface area contributed by atoms with Crippen molar-refractivity contribution in [3.05, 3.63) is 121 Å². The van der Waals surface area contributed by atoms with Gasteiger partial charge >= 0.3 is 21.1 Å². The predicted molar refractivity (Wildman–Crippen MR) is 173 cm³/mol. The van der Waals surface area contributed by atoms with Gasteiger partial charge in [-0.3, -0.25) is 4.98 Å². The fourth-order valence-corrected chi connectivity index (χ4v) is 7.07. The molecule has 9 rings (SSSR count). The molecule has 6 heteroatoms. The molecule has 0 atom stereocenters. The number of imidazole rings is 1. The first kappa shape index (κ1) is 27.1. The summed E-state index contributed by atoms with van der Waals surface area (Å²) in [4.78, 5) is 9.62. The number of hydrogen-bond acceptors (Lipinski definition) is 3. The maximum absolute atomic E-state index is 6.48. The molecule has 5 nitrogen and oxygen atoms in total. The first-order valence-electron chi connectivity index (χ1n) is 14.7. The van der Waals surface area contributed by atoms with Crippen LogP contribution in [0.25, 0.3) is 54.9 Å². The number of fused-ring (bicyclic) bond motifs is 6. The summed E-state index contributed by atoms with van der Waals surface area (Å²) >= 11 is 0. The van der Waals surface area contributed by atoms with Crippen molar-refractivity contribution >= 4 is 49.1 Å². The fraction of sp³-hybridized carbons (Fsp3) is 0.158. The molecule has 5 heterocycles. The van der Waals surface area contributed by atoms with Gasteiger partial charge in [0, 0.05) is 51.5 Å². The maximum Gasteiger partial charge on any atom is 2.00 e. The molecule has 0 bridgehead atoms. The first-order chi connectivity index (χ1) is 20.8. The molecule has 0 amide bonds. The molecule has 0 spiro atoms. The Morgan fingerprint density at radius 1 is 0.682 bits per heavy atom. The molecule has 1 aliphatic heterocycles. The molecule has 8 aromatic rings. The molecule has 0 fully saturated rings. The molecule has 0 saturated heterocycles. The number of hydrogen-bond donors (Lipinski definition) is 0. The second-order valence-corrected chi connectivity index (χ2v) is 12.6. The van der Waals surface area contributed by atoms with Crippen LogP contribution < -0.4 is 4.74 Å². The number of ether oxygens (including phenoxy) is 1. The summed E-state index contributed by atoms with van der Waals surface area (Å²) in [7, 11) is 0. The monoisotopic (exact) mass is 751 g/mol. The van der Waals surface area contributed by atoms with E-state index in [1.165, 1.54) is 22.2 Å². The SMILES string of the molecule is CC1(C)c2cccc3c4ccc(Oc5[c-]c6c(cc5)c5ccccc5n6-c5ccccn5)[c-]c4c4ncc(n4c23)C1(C)C.[Pt+2]. The summed E-state index contributed by atoms with van der Waals surface area (Å²) in [5, 5.41) is 5.54.